The topological polar surface area (TPSA) is 97.1 Å². The third-order valence-electron chi connectivity index (χ3n) is 3.73. The van der Waals surface area contributed by atoms with Crippen molar-refractivity contribution in [1.82, 2.24) is 20.6 Å². The standard InChI is InChI=1S/C19H20N4O3S/c1-12(2)21-18(25)16-10-27-19(23-16)14(8-13-6-4-3-5-7-13)22-17(24)15-9-26-11-20-15/h3-7,9-12,14H,8H2,1-2H3,(H,21,25)(H,22,24)/t14-/m0/s1. The maximum absolute atomic E-state index is 12.4. The van der Waals surface area contributed by atoms with E-state index in [2.05, 4.69) is 20.6 Å². The van der Waals surface area contributed by atoms with Gasteiger partial charge in [0.05, 0.1) is 6.04 Å². The summed E-state index contributed by atoms with van der Waals surface area (Å²) in [6, 6.07) is 9.41. The van der Waals surface area contributed by atoms with Crippen LogP contribution in [0.5, 0.6) is 0 Å². The van der Waals surface area contributed by atoms with Gasteiger partial charge in [-0.15, -0.1) is 11.3 Å². The molecule has 0 aliphatic heterocycles. The lowest BCUT2D eigenvalue weighted by Gasteiger charge is -2.16. The second-order valence-corrected chi connectivity index (χ2v) is 7.18. The molecule has 0 fully saturated rings. The second-order valence-electron chi connectivity index (χ2n) is 6.29. The van der Waals surface area contributed by atoms with Crippen LogP contribution in [0.25, 0.3) is 0 Å². The predicted molar refractivity (Wildman–Crippen MR) is 102 cm³/mol. The van der Waals surface area contributed by atoms with Crippen LogP contribution in [0.2, 0.25) is 0 Å². The highest BCUT2D eigenvalue weighted by Gasteiger charge is 2.22. The zero-order chi connectivity index (χ0) is 19.2. The van der Waals surface area contributed by atoms with Gasteiger partial charge in [0.25, 0.3) is 11.8 Å². The first kappa shape index (κ1) is 18.8. The van der Waals surface area contributed by atoms with Crippen LogP contribution in [0.4, 0.5) is 0 Å². The van der Waals surface area contributed by atoms with Gasteiger partial charge in [-0.2, -0.15) is 0 Å². The minimum Gasteiger partial charge on any atom is -0.451 e. The van der Waals surface area contributed by atoms with E-state index in [-0.39, 0.29) is 29.6 Å². The lowest BCUT2D eigenvalue weighted by atomic mass is 10.1. The summed E-state index contributed by atoms with van der Waals surface area (Å²) in [6.45, 7) is 3.78. The van der Waals surface area contributed by atoms with Gasteiger partial charge in [-0.1, -0.05) is 30.3 Å². The monoisotopic (exact) mass is 384 g/mol. The van der Waals surface area contributed by atoms with Crippen LogP contribution < -0.4 is 10.6 Å². The molecular formula is C19H20N4O3S. The summed E-state index contributed by atoms with van der Waals surface area (Å²) in [5.74, 6) is -0.582. The number of aromatic nitrogens is 2. The van der Waals surface area contributed by atoms with Crippen molar-refractivity contribution in [2.45, 2.75) is 32.4 Å². The van der Waals surface area contributed by atoms with Crippen molar-refractivity contribution < 1.29 is 14.0 Å². The number of oxazole rings is 1. The molecule has 2 amide bonds. The Morgan fingerprint density at radius 2 is 1.85 bits per heavy atom. The third-order valence-corrected chi connectivity index (χ3v) is 4.68. The van der Waals surface area contributed by atoms with E-state index in [1.807, 2.05) is 44.2 Å². The van der Waals surface area contributed by atoms with Gasteiger partial charge in [-0.3, -0.25) is 9.59 Å². The van der Waals surface area contributed by atoms with Crippen LogP contribution in [0.1, 0.15) is 51.4 Å². The van der Waals surface area contributed by atoms with Gasteiger partial charge in [0.15, 0.2) is 12.1 Å². The molecule has 2 heterocycles. The van der Waals surface area contributed by atoms with Crippen molar-refractivity contribution in [2.75, 3.05) is 0 Å². The maximum atomic E-state index is 12.4. The fourth-order valence-electron chi connectivity index (χ4n) is 2.49. The average Bonchev–Trinajstić information content (AvgIpc) is 3.33. The Bertz CT molecular complexity index is 891. The Hall–Kier alpha value is -3.00. The lowest BCUT2D eigenvalue weighted by molar-refractivity contribution is 0.0929. The predicted octanol–water partition coefficient (Wildman–Crippen LogP) is 2.98. The zero-order valence-corrected chi connectivity index (χ0v) is 15.8. The quantitative estimate of drug-likeness (QED) is 0.653. The van der Waals surface area contributed by atoms with E-state index < -0.39 is 0 Å². The van der Waals surface area contributed by atoms with Gasteiger partial charge in [-0.05, 0) is 25.8 Å². The minimum atomic E-state index is -0.387. The molecule has 3 aromatic rings. The molecule has 0 aliphatic rings. The molecule has 0 saturated carbocycles. The van der Waals surface area contributed by atoms with Gasteiger partial charge in [0.2, 0.25) is 0 Å². The Kier molecular flexibility index (Phi) is 5.97. The molecule has 0 aliphatic carbocycles. The van der Waals surface area contributed by atoms with E-state index in [0.717, 1.165) is 5.56 Å². The number of nitrogens with zero attached hydrogens (tertiary/aromatic N) is 2. The van der Waals surface area contributed by atoms with E-state index >= 15 is 0 Å². The summed E-state index contributed by atoms with van der Waals surface area (Å²) in [5, 5.41) is 8.11. The molecule has 1 atom stereocenters. The molecule has 27 heavy (non-hydrogen) atoms. The summed E-state index contributed by atoms with van der Waals surface area (Å²) in [4.78, 5) is 32.9. The highest BCUT2D eigenvalue weighted by Crippen LogP contribution is 2.23. The van der Waals surface area contributed by atoms with E-state index in [1.165, 1.54) is 24.0 Å². The zero-order valence-electron chi connectivity index (χ0n) is 15.0. The van der Waals surface area contributed by atoms with Crippen LogP contribution >= 0.6 is 11.3 Å². The molecule has 140 valence electrons. The van der Waals surface area contributed by atoms with Crippen molar-refractivity contribution in [3.05, 3.63) is 70.3 Å². The molecule has 0 spiro atoms. The van der Waals surface area contributed by atoms with Crippen LogP contribution in [-0.4, -0.2) is 27.8 Å². The summed E-state index contributed by atoms with van der Waals surface area (Å²) in [7, 11) is 0. The molecule has 0 bridgehead atoms. The van der Waals surface area contributed by atoms with Gasteiger partial charge in [0.1, 0.15) is 17.0 Å². The smallest absolute Gasteiger partial charge is 0.273 e. The highest BCUT2D eigenvalue weighted by molar-refractivity contribution is 7.09. The van der Waals surface area contributed by atoms with E-state index in [1.54, 1.807) is 5.38 Å². The third kappa shape index (κ3) is 5.01. The van der Waals surface area contributed by atoms with Gasteiger partial charge in [-0.25, -0.2) is 9.97 Å². The number of thiazole rings is 1. The van der Waals surface area contributed by atoms with Gasteiger partial charge in [0, 0.05) is 11.4 Å². The van der Waals surface area contributed by atoms with E-state index in [0.29, 0.717) is 17.1 Å². The lowest BCUT2D eigenvalue weighted by Crippen LogP contribution is -2.31. The Balaban J connectivity index is 1.82. The van der Waals surface area contributed by atoms with Crippen LogP contribution in [0.15, 0.2) is 52.8 Å². The minimum absolute atomic E-state index is 0.0228. The van der Waals surface area contributed by atoms with E-state index in [9.17, 15) is 9.59 Å². The first-order valence-electron chi connectivity index (χ1n) is 8.52. The summed E-state index contributed by atoms with van der Waals surface area (Å²) in [5.41, 5.74) is 1.59. The normalized spacial score (nSPS) is 12.0. The maximum Gasteiger partial charge on any atom is 0.273 e. The number of rotatable bonds is 7. The largest absolute Gasteiger partial charge is 0.451 e. The van der Waals surface area contributed by atoms with Crippen molar-refractivity contribution in [3.8, 4) is 0 Å². The molecule has 8 heteroatoms. The molecule has 0 saturated heterocycles. The molecule has 3 rings (SSSR count). The SMILES string of the molecule is CC(C)NC(=O)c1csc([C@H](Cc2ccccc2)NC(=O)c2cocn2)n1. The summed E-state index contributed by atoms with van der Waals surface area (Å²) >= 11 is 1.34. The Labute approximate surface area is 160 Å². The average molecular weight is 384 g/mol. The van der Waals surface area contributed by atoms with Crippen molar-refractivity contribution >= 4 is 23.2 Å². The van der Waals surface area contributed by atoms with Crippen LogP contribution in [0.3, 0.4) is 0 Å². The number of hydrogen-bond donors (Lipinski definition) is 2. The van der Waals surface area contributed by atoms with E-state index in [4.69, 9.17) is 4.42 Å². The first-order chi connectivity index (χ1) is 13.0. The second kappa shape index (κ2) is 8.59. The molecule has 7 nitrogen and oxygen atoms in total. The Morgan fingerprint density at radius 3 is 2.52 bits per heavy atom. The van der Waals surface area contributed by atoms with Crippen molar-refractivity contribution in [1.29, 1.82) is 0 Å². The van der Waals surface area contributed by atoms with Crippen molar-refractivity contribution in [3.63, 3.8) is 0 Å². The molecule has 0 radical (unpaired) electrons. The van der Waals surface area contributed by atoms with Gasteiger partial charge >= 0.3 is 0 Å². The number of amides is 2. The molecule has 2 aromatic heterocycles. The summed E-state index contributed by atoms with van der Waals surface area (Å²) < 4.78 is 4.88. The van der Waals surface area contributed by atoms with Crippen LogP contribution in [0, 0.1) is 0 Å². The Morgan fingerprint density at radius 1 is 1.11 bits per heavy atom. The molecule has 2 N–H and O–H groups in total. The number of hydrogen-bond acceptors (Lipinski definition) is 6. The molecule has 1 aromatic carbocycles. The molecule has 0 unspecified atom stereocenters. The number of nitrogens with one attached hydrogen (secondary N) is 2. The van der Waals surface area contributed by atoms with Crippen LogP contribution in [-0.2, 0) is 6.42 Å². The fraction of sp³-hybridized carbons (Fsp3) is 0.263. The highest BCUT2D eigenvalue weighted by atomic mass is 32.1. The van der Waals surface area contributed by atoms with Crippen molar-refractivity contribution in [2.24, 2.45) is 0 Å². The number of carbonyl (C=O) groups excluding carboxylic acids is 2. The first-order valence-corrected chi connectivity index (χ1v) is 9.40. The summed E-state index contributed by atoms with van der Waals surface area (Å²) in [6.07, 6.45) is 3.04. The fourth-order valence-corrected chi connectivity index (χ4v) is 3.34. The number of benzene rings is 1. The molecular weight excluding hydrogens is 364 g/mol. The number of carbonyl (C=O) groups is 2. The van der Waals surface area contributed by atoms with Gasteiger partial charge < -0.3 is 15.1 Å².